The molecule has 3 aliphatic rings. The van der Waals surface area contributed by atoms with E-state index in [0.717, 1.165) is 25.9 Å². The molecule has 1 aliphatic carbocycles. The Morgan fingerprint density at radius 3 is 2.52 bits per heavy atom. The van der Waals surface area contributed by atoms with Crippen molar-refractivity contribution >= 4 is 5.91 Å². The maximum absolute atomic E-state index is 13.0. The molecule has 1 unspecified atom stereocenters. The summed E-state index contributed by atoms with van der Waals surface area (Å²) in [5.74, 6) is 0.0496. The summed E-state index contributed by atoms with van der Waals surface area (Å²) in [5.41, 5.74) is 3.01. The molecule has 2 aromatic rings. The number of rotatable bonds is 3. The largest absolute Gasteiger partial charge is 0.339 e. The van der Waals surface area contributed by atoms with E-state index >= 15 is 0 Å². The fourth-order valence-electron chi connectivity index (χ4n) is 6.20. The Hall–Kier alpha value is -2.71. The molecule has 0 bridgehead atoms. The SMILES string of the molecule is N#Cc1cccc(C(=O)N2CCC(N3CC4(CCCCC4)C3c3ccncc3)CC2)c1. The second kappa shape index (κ2) is 8.43. The smallest absolute Gasteiger partial charge is 0.253 e. The first-order chi connectivity index (χ1) is 15.2. The van der Waals surface area contributed by atoms with E-state index in [1.54, 1.807) is 18.2 Å². The molecular weight excluding hydrogens is 384 g/mol. The van der Waals surface area contributed by atoms with Gasteiger partial charge < -0.3 is 4.90 Å². The highest BCUT2D eigenvalue weighted by molar-refractivity contribution is 5.94. The van der Waals surface area contributed by atoms with Crippen LogP contribution in [0.2, 0.25) is 0 Å². The zero-order chi connectivity index (χ0) is 21.3. The first-order valence-corrected chi connectivity index (χ1v) is 11.7. The third-order valence-corrected chi connectivity index (χ3v) is 7.74. The molecule has 5 heteroatoms. The van der Waals surface area contributed by atoms with E-state index in [1.807, 2.05) is 23.4 Å². The Morgan fingerprint density at radius 1 is 1.06 bits per heavy atom. The molecule has 1 aromatic heterocycles. The normalized spacial score (nSPS) is 23.8. The summed E-state index contributed by atoms with van der Waals surface area (Å²) in [6.07, 6.45) is 12.6. The van der Waals surface area contributed by atoms with E-state index in [9.17, 15) is 4.79 Å². The van der Waals surface area contributed by atoms with Gasteiger partial charge in [0.15, 0.2) is 0 Å². The Morgan fingerprint density at radius 2 is 1.81 bits per heavy atom. The fourth-order valence-corrected chi connectivity index (χ4v) is 6.20. The minimum atomic E-state index is 0.0496. The van der Waals surface area contributed by atoms with Crippen molar-refractivity contribution in [3.63, 3.8) is 0 Å². The van der Waals surface area contributed by atoms with Gasteiger partial charge in [0, 0.05) is 55.1 Å². The van der Waals surface area contributed by atoms with E-state index < -0.39 is 0 Å². The topological polar surface area (TPSA) is 60.2 Å². The van der Waals surface area contributed by atoms with Gasteiger partial charge in [-0.3, -0.25) is 14.7 Å². The molecule has 1 aromatic carbocycles. The van der Waals surface area contributed by atoms with Gasteiger partial charge in [-0.25, -0.2) is 0 Å². The van der Waals surface area contributed by atoms with Crippen LogP contribution in [0.1, 0.15) is 72.5 Å². The summed E-state index contributed by atoms with van der Waals surface area (Å²) >= 11 is 0. The molecular formula is C26H30N4O. The lowest BCUT2D eigenvalue weighted by Gasteiger charge is -2.63. The van der Waals surface area contributed by atoms with E-state index in [2.05, 4.69) is 28.1 Å². The average Bonchev–Trinajstić information content (AvgIpc) is 2.83. The maximum Gasteiger partial charge on any atom is 0.253 e. The number of nitriles is 1. The van der Waals surface area contributed by atoms with E-state index in [1.165, 1.54) is 44.2 Å². The van der Waals surface area contributed by atoms with Crippen LogP contribution in [-0.4, -0.2) is 46.4 Å². The number of amides is 1. The molecule has 160 valence electrons. The summed E-state index contributed by atoms with van der Waals surface area (Å²) in [6.45, 7) is 2.77. The lowest BCUT2D eigenvalue weighted by Crippen LogP contribution is -2.63. The molecule has 0 radical (unpaired) electrons. The van der Waals surface area contributed by atoms with Crippen LogP contribution in [0.3, 0.4) is 0 Å². The third-order valence-electron chi connectivity index (χ3n) is 7.74. The molecule has 5 nitrogen and oxygen atoms in total. The number of pyridine rings is 1. The molecule has 1 spiro atoms. The molecule has 3 heterocycles. The quantitative estimate of drug-likeness (QED) is 0.738. The van der Waals surface area contributed by atoms with Crippen LogP contribution in [0.15, 0.2) is 48.8 Å². The van der Waals surface area contributed by atoms with Crippen LogP contribution in [0.5, 0.6) is 0 Å². The van der Waals surface area contributed by atoms with Gasteiger partial charge >= 0.3 is 0 Å². The van der Waals surface area contributed by atoms with Crippen molar-refractivity contribution in [3.8, 4) is 6.07 Å². The Labute approximate surface area is 184 Å². The van der Waals surface area contributed by atoms with Gasteiger partial charge in [-0.05, 0) is 61.6 Å². The number of hydrogen-bond acceptors (Lipinski definition) is 4. The van der Waals surface area contributed by atoms with E-state index in [-0.39, 0.29) is 5.91 Å². The number of aromatic nitrogens is 1. The number of carbonyl (C=O) groups excluding carboxylic acids is 1. The van der Waals surface area contributed by atoms with Crippen LogP contribution in [0.25, 0.3) is 0 Å². The molecule has 2 saturated heterocycles. The lowest BCUT2D eigenvalue weighted by atomic mass is 9.60. The van der Waals surface area contributed by atoms with Gasteiger partial charge in [0.25, 0.3) is 5.91 Å². The predicted octanol–water partition coefficient (Wildman–Crippen LogP) is 4.57. The van der Waals surface area contributed by atoms with Crippen molar-refractivity contribution in [2.45, 2.75) is 57.0 Å². The molecule has 1 saturated carbocycles. The molecule has 1 amide bonds. The highest BCUT2D eigenvalue weighted by atomic mass is 16.2. The number of hydrogen-bond donors (Lipinski definition) is 0. The monoisotopic (exact) mass is 414 g/mol. The van der Waals surface area contributed by atoms with Crippen molar-refractivity contribution in [3.05, 3.63) is 65.5 Å². The van der Waals surface area contributed by atoms with Gasteiger partial charge in [-0.1, -0.05) is 25.3 Å². The molecule has 3 fully saturated rings. The molecule has 5 rings (SSSR count). The summed E-state index contributed by atoms with van der Waals surface area (Å²) < 4.78 is 0. The van der Waals surface area contributed by atoms with Gasteiger partial charge in [0.2, 0.25) is 0 Å². The van der Waals surface area contributed by atoms with Crippen LogP contribution in [0.4, 0.5) is 0 Å². The summed E-state index contributed by atoms with van der Waals surface area (Å²) in [4.78, 5) is 21.9. The number of piperidine rings is 1. The van der Waals surface area contributed by atoms with Crippen molar-refractivity contribution in [2.75, 3.05) is 19.6 Å². The fraction of sp³-hybridized carbons (Fsp3) is 0.500. The third kappa shape index (κ3) is 3.74. The average molecular weight is 415 g/mol. The molecule has 1 atom stereocenters. The van der Waals surface area contributed by atoms with Gasteiger partial charge in [-0.2, -0.15) is 5.26 Å². The molecule has 0 N–H and O–H groups in total. The standard InChI is InChI=1S/C26H30N4O/c27-18-20-5-4-6-22(17-20)25(31)29-15-9-23(10-16-29)30-19-26(11-2-1-3-12-26)24(30)21-7-13-28-14-8-21/h4-8,13-14,17,23-24H,1-3,9-12,15-16,19H2. The van der Waals surface area contributed by atoms with Crippen LogP contribution >= 0.6 is 0 Å². The van der Waals surface area contributed by atoms with E-state index in [4.69, 9.17) is 5.26 Å². The lowest BCUT2D eigenvalue weighted by molar-refractivity contribution is -0.132. The van der Waals surface area contributed by atoms with Gasteiger partial charge in [0.1, 0.15) is 0 Å². The zero-order valence-corrected chi connectivity index (χ0v) is 18.0. The second-order valence-corrected chi connectivity index (χ2v) is 9.49. The first-order valence-electron chi connectivity index (χ1n) is 11.7. The second-order valence-electron chi connectivity index (χ2n) is 9.49. The van der Waals surface area contributed by atoms with Crippen molar-refractivity contribution in [1.29, 1.82) is 5.26 Å². The van der Waals surface area contributed by atoms with Crippen LogP contribution in [0, 0.1) is 16.7 Å². The highest BCUT2D eigenvalue weighted by Crippen LogP contribution is 2.58. The first kappa shape index (κ1) is 20.2. The Kier molecular flexibility index (Phi) is 5.50. The van der Waals surface area contributed by atoms with Gasteiger partial charge in [-0.15, -0.1) is 0 Å². The number of carbonyl (C=O) groups is 1. The van der Waals surface area contributed by atoms with Gasteiger partial charge in [0.05, 0.1) is 11.6 Å². The number of nitrogens with zero attached hydrogens (tertiary/aromatic N) is 4. The minimum absolute atomic E-state index is 0.0496. The van der Waals surface area contributed by atoms with Crippen molar-refractivity contribution in [1.82, 2.24) is 14.8 Å². The molecule has 2 aliphatic heterocycles. The summed E-state index contributed by atoms with van der Waals surface area (Å²) in [6, 6.07) is 14.6. The van der Waals surface area contributed by atoms with Crippen LogP contribution in [-0.2, 0) is 0 Å². The minimum Gasteiger partial charge on any atom is -0.339 e. The van der Waals surface area contributed by atoms with Crippen molar-refractivity contribution < 1.29 is 4.79 Å². The van der Waals surface area contributed by atoms with Crippen molar-refractivity contribution in [2.24, 2.45) is 5.41 Å². The summed E-state index contributed by atoms with van der Waals surface area (Å²) in [5, 5.41) is 9.12. The van der Waals surface area contributed by atoms with E-state index in [0.29, 0.717) is 28.6 Å². The zero-order valence-electron chi connectivity index (χ0n) is 18.0. The Balaban J connectivity index is 1.28. The predicted molar refractivity (Wildman–Crippen MR) is 119 cm³/mol. The summed E-state index contributed by atoms with van der Waals surface area (Å²) in [7, 11) is 0. The maximum atomic E-state index is 13.0. The number of likely N-dealkylation sites (tertiary alicyclic amines) is 2. The highest BCUT2D eigenvalue weighted by Gasteiger charge is 2.55. The Bertz CT molecular complexity index is 968. The van der Waals surface area contributed by atoms with Crippen LogP contribution < -0.4 is 0 Å². The number of benzene rings is 1. The molecule has 31 heavy (non-hydrogen) atoms.